The third kappa shape index (κ3) is 10.4. The first kappa shape index (κ1) is 15.8. The topological polar surface area (TPSA) is 50.7 Å². The first-order chi connectivity index (χ1) is 7.56. The lowest BCUT2D eigenvalue weighted by Crippen LogP contribution is -2.36. The van der Waals surface area contributed by atoms with Crippen molar-refractivity contribution in [1.82, 2.24) is 5.32 Å². The Morgan fingerprint density at radius 1 is 1.19 bits per heavy atom. The second-order valence-electron chi connectivity index (χ2n) is 4.68. The average Bonchev–Trinajstić information content (AvgIpc) is 2.23. The van der Waals surface area contributed by atoms with Crippen molar-refractivity contribution in [1.29, 1.82) is 0 Å². The van der Waals surface area contributed by atoms with E-state index < -0.39 is 6.10 Å². The number of hydrogen-bond donors (Lipinski definition) is 2. The number of hydrogen-bond acceptors (Lipinski definition) is 4. The first-order valence-electron chi connectivity index (χ1n) is 6.04. The number of rotatable bonds is 10. The molecule has 2 N–H and O–H groups in total. The number of ether oxygens (including phenoxy) is 2. The monoisotopic (exact) mass is 233 g/mol. The van der Waals surface area contributed by atoms with Crippen LogP contribution in [0.4, 0.5) is 0 Å². The molecule has 0 bridgehead atoms. The van der Waals surface area contributed by atoms with Crippen LogP contribution < -0.4 is 5.32 Å². The molecular formula is C12H27NO3. The molecule has 0 heterocycles. The maximum Gasteiger partial charge on any atom is 0.0897 e. The molecule has 0 saturated heterocycles. The molecule has 0 rings (SSSR count). The first-order valence-corrected chi connectivity index (χ1v) is 6.04. The zero-order valence-corrected chi connectivity index (χ0v) is 11.0. The van der Waals surface area contributed by atoms with E-state index >= 15 is 0 Å². The van der Waals surface area contributed by atoms with E-state index in [4.69, 9.17) is 9.47 Å². The van der Waals surface area contributed by atoms with Crippen molar-refractivity contribution in [3.8, 4) is 0 Å². The van der Waals surface area contributed by atoms with E-state index in [2.05, 4.69) is 26.1 Å². The summed E-state index contributed by atoms with van der Waals surface area (Å²) < 4.78 is 10.3. The van der Waals surface area contributed by atoms with Gasteiger partial charge in [0.1, 0.15) is 0 Å². The minimum absolute atomic E-state index is 0.361. The predicted octanol–water partition coefficient (Wildman–Crippen LogP) is 1.03. The van der Waals surface area contributed by atoms with Gasteiger partial charge < -0.3 is 19.9 Å². The third-order valence-electron chi connectivity index (χ3n) is 2.22. The van der Waals surface area contributed by atoms with Gasteiger partial charge in [-0.25, -0.2) is 0 Å². The molecule has 98 valence electrons. The van der Waals surface area contributed by atoms with Gasteiger partial charge in [0.15, 0.2) is 0 Å². The lowest BCUT2D eigenvalue weighted by molar-refractivity contribution is 0.0247. The van der Waals surface area contributed by atoms with E-state index in [9.17, 15) is 5.11 Å². The highest BCUT2D eigenvalue weighted by Crippen LogP contribution is 1.95. The SMILES string of the molecule is COCCC(C)NCC(O)COCC(C)C. The van der Waals surface area contributed by atoms with E-state index in [1.165, 1.54) is 0 Å². The zero-order chi connectivity index (χ0) is 12.4. The Kier molecular flexibility index (Phi) is 9.92. The molecule has 4 nitrogen and oxygen atoms in total. The highest BCUT2D eigenvalue weighted by molar-refractivity contribution is 4.64. The minimum Gasteiger partial charge on any atom is -0.389 e. The van der Waals surface area contributed by atoms with Crippen LogP contribution in [0.1, 0.15) is 27.2 Å². The Hall–Kier alpha value is -0.160. The molecule has 2 atom stereocenters. The third-order valence-corrected chi connectivity index (χ3v) is 2.22. The van der Waals surface area contributed by atoms with E-state index in [1.807, 2.05) is 0 Å². The van der Waals surface area contributed by atoms with Gasteiger partial charge in [-0.05, 0) is 19.3 Å². The molecular weight excluding hydrogens is 206 g/mol. The summed E-state index contributed by atoms with van der Waals surface area (Å²) in [6, 6.07) is 0.361. The molecule has 0 aliphatic carbocycles. The summed E-state index contributed by atoms with van der Waals surface area (Å²) in [7, 11) is 1.70. The van der Waals surface area contributed by atoms with Gasteiger partial charge in [0.25, 0.3) is 0 Å². The van der Waals surface area contributed by atoms with Gasteiger partial charge in [-0.1, -0.05) is 13.8 Å². The molecule has 0 saturated carbocycles. The lowest BCUT2D eigenvalue weighted by atomic mass is 10.2. The normalized spacial score (nSPS) is 15.4. The number of nitrogens with one attached hydrogen (secondary N) is 1. The van der Waals surface area contributed by atoms with E-state index in [0.717, 1.165) is 13.0 Å². The molecule has 0 aliphatic heterocycles. The molecule has 0 amide bonds. The van der Waals surface area contributed by atoms with Gasteiger partial charge in [0, 0.05) is 32.9 Å². The number of aliphatic hydroxyl groups is 1. The van der Waals surface area contributed by atoms with Gasteiger partial charge in [-0.3, -0.25) is 0 Å². The highest BCUT2D eigenvalue weighted by Gasteiger charge is 2.07. The maximum atomic E-state index is 9.62. The molecule has 0 aromatic carbocycles. The average molecular weight is 233 g/mol. The van der Waals surface area contributed by atoms with Gasteiger partial charge in [-0.15, -0.1) is 0 Å². The van der Waals surface area contributed by atoms with E-state index in [0.29, 0.717) is 31.7 Å². The highest BCUT2D eigenvalue weighted by atomic mass is 16.5. The van der Waals surface area contributed by atoms with Crippen LogP contribution in [-0.4, -0.2) is 50.7 Å². The Morgan fingerprint density at radius 2 is 1.88 bits per heavy atom. The molecule has 0 aromatic rings. The Morgan fingerprint density at radius 3 is 2.44 bits per heavy atom. The maximum absolute atomic E-state index is 9.62. The Bertz CT molecular complexity index is 153. The van der Waals surface area contributed by atoms with Crippen LogP contribution in [0.2, 0.25) is 0 Å². The van der Waals surface area contributed by atoms with Gasteiger partial charge in [0.2, 0.25) is 0 Å². The fourth-order valence-corrected chi connectivity index (χ4v) is 1.23. The molecule has 0 aliphatic rings. The zero-order valence-electron chi connectivity index (χ0n) is 11.0. The summed E-state index contributed by atoms with van der Waals surface area (Å²) in [6.07, 6.45) is 0.527. The van der Waals surface area contributed by atoms with Crippen molar-refractivity contribution >= 4 is 0 Å². The van der Waals surface area contributed by atoms with Crippen molar-refractivity contribution in [2.45, 2.75) is 39.3 Å². The van der Waals surface area contributed by atoms with Crippen LogP contribution in [0.3, 0.4) is 0 Å². The van der Waals surface area contributed by atoms with Crippen molar-refractivity contribution in [2.24, 2.45) is 5.92 Å². The van der Waals surface area contributed by atoms with Crippen molar-refractivity contribution in [3.63, 3.8) is 0 Å². The summed E-state index contributed by atoms with van der Waals surface area (Å²) in [5.74, 6) is 0.515. The van der Waals surface area contributed by atoms with Crippen LogP contribution in [0.15, 0.2) is 0 Å². The molecule has 4 heteroatoms. The minimum atomic E-state index is -0.427. The Labute approximate surface area is 99.3 Å². The van der Waals surface area contributed by atoms with Crippen LogP contribution in [-0.2, 0) is 9.47 Å². The quantitative estimate of drug-likeness (QED) is 0.592. The smallest absolute Gasteiger partial charge is 0.0897 e. The number of methoxy groups -OCH3 is 1. The standard InChI is InChI=1S/C12H27NO3/c1-10(2)8-16-9-12(14)7-13-11(3)5-6-15-4/h10-14H,5-9H2,1-4H3. The summed E-state index contributed by atoms with van der Waals surface area (Å²) in [5.41, 5.74) is 0. The van der Waals surface area contributed by atoms with E-state index in [1.54, 1.807) is 7.11 Å². The van der Waals surface area contributed by atoms with Crippen LogP contribution in [0, 0.1) is 5.92 Å². The predicted molar refractivity (Wildman–Crippen MR) is 65.6 cm³/mol. The number of aliphatic hydroxyl groups excluding tert-OH is 1. The molecule has 2 unspecified atom stereocenters. The summed E-state index contributed by atoms with van der Waals surface area (Å²) >= 11 is 0. The lowest BCUT2D eigenvalue weighted by Gasteiger charge is -2.17. The molecule has 0 fully saturated rings. The van der Waals surface area contributed by atoms with Crippen molar-refractivity contribution in [3.05, 3.63) is 0 Å². The molecule has 0 aromatic heterocycles. The summed E-state index contributed by atoms with van der Waals surface area (Å²) in [5, 5.41) is 12.9. The van der Waals surface area contributed by atoms with Gasteiger partial charge in [-0.2, -0.15) is 0 Å². The molecule has 16 heavy (non-hydrogen) atoms. The largest absolute Gasteiger partial charge is 0.389 e. The van der Waals surface area contributed by atoms with Crippen LogP contribution in [0.5, 0.6) is 0 Å². The van der Waals surface area contributed by atoms with Crippen molar-refractivity contribution in [2.75, 3.05) is 33.5 Å². The van der Waals surface area contributed by atoms with Gasteiger partial charge in [0.05, 0.1) is 12.7 Å². The summed E-state index contributed by atoms with van der Waals surface area (Å²) in [4.78, 5) is 0. The fourth-order valence-electron chi connectivity index (χ4n) is 1.23. The van der Waals surface area contributed by atoms with Crippen LogP contribution >= 0.6 is 0 Å². The van der Waals surface area contributed by atoms with Crippen molar-refractivity contribution < 1.29 is 14.6 Å². The Balaban J connectivity index is 3.38. The van der Waals surface area contributed by atoms with Gasteiger partial charge >= 0.3 is 0 Å². The summed E-state index contributed by atoms with van der Waals surface area (Å²) in [6.45, 7) is 8.70. The van der Waals surface area contributed by atoms with E-state index in [-0.39, 0.29) is 0 Å². The van der Waals surface area contributed by atoms with Crippen LogP contribution in [0.25, 0.3) is 0 Å². The fraction of sp³-hybridized carbons (Fsp3) is 1.00. The second kappa shape index (κ2) is 10.0. The second-order valence-corrected chi connectivity index (χ2v) is 4.68. The molecule has 0 radical (unpaired) electrons. The molecule has 0 spiro atoms.